The second kappa shape index (κ2) is 5.34. The number of likely N-dealkylation sites (tertiary alicyclic amines) is 1. The zero-order valence-corrected chi connectivity index (χ0v) is 12.7. The summed E-state index contributed by atoms with van der Waals surface area (Å²) in [5.74, 6) is 0. The van der Waals surface area contributed by atoms with E-state index in [9.17, 15) is 4.79 Å². The van der Waals surface area contributed by atoms with Crippen LogP contribution in [0.3, 0.4) is 0 Å². The van der Waals surface area contributed by atoms with Crippen molar-refractivity contribution in [3.63, 3.8) is 0 Å². The minimum Gasteiger partial charge on any atom is -0.444 e. The van der Waals surface area contributed by atoms with Gasteiger partial charge < -0.3 is 15.4 Å². The number of nitrogens with zero attached hydrogens (tertiary/aromatic N) is 3. The van der Waals surface area contributed by atoms with Gasteiger partial charge in [0.15, 0.2) is 0 Å². The van der Waals surface area contributed by atoms with Crippen LogP contribution in [0, 0.1) is 6.92 Å². The quantitative estimate of drug-likeness (QED) is 0.857. The summed E-state index contributed by atoms with van der Waals surface area (Å²) in [7, 11) is 0. The van der Waals surface area contributed by atoms with E-state index >= 15 is 0 Å². The summed E-state index contributed by atoms with van der Waals surface area (Å²) in [5.41, 5.74) is 6.96. The lowest BCUT2D eigenvalue weighted by Gasteiger charge is -2.33. The van der Waals surface area contributed by atoms with E-state index in [4.69, 9.17) is 10.5 Å². The van der Waals surface area contributed by atoms with E-state index in [1.165, 1.54) is 0 Å². The molecule has 0 bridgehead atoms. The van der Waals surface area contributed by atoms with Gasteiger partial charge in [0.05, 0.1) is 17.4 Å². The number of amides is 1. The Morgan fingerprint density at radius 3 is 2.45 bits per heavy atom. The van der Waals surface area contributed by atoms with Gasteiger partial charge in [-0.15, -0.1) is 0 Å². The summed E-state index contributed by atoms with van der Waals surface area (Å²) >= 11 is 0. The largest absolute Gasteiger partial charge is 0.444 e. The van der Waals surface area contributed by atoms with Crippen LogP contribution in [0.1, 0.15) is 45.3 Å². The Labute approximate surface area is 119 Å². The van der Waals surface area contributed by atoms with Gasteiger partial charge in [0.1, 0.15) is 5.60 Å². The van der Waals surface area contributed by atoms with Crippen LogP contribution in [0.4, 0.5) is 10.5 Å². The minimum atomic E-state index is -0.443. The van der Waals surface area contributed by atoms with E-state index in [0.29, 0.717) is 19.1 Å². The number of aryl methyl sites for hydroxylation is 1. The molecule has 2 N–H and O–H groups in total. The molecule has 1 saturated heterocycles. The van der Waals surface area contributed by atoms with Crippen molar-refractivity contribution >= 4 is 11.8 Å². The van der Waals surface area contributed by atoms with E-state index in [0.717, 1.165) is 24.2 Å². The number of hydrogen-bond acceptors (Lipinski definition) is 4. The van der Waals surface area contributed by atoms with Crippen LogP contribution in [0.25, 0.3) is 0 Å². The summed E-state index contributed by atoms with van der Waals surface area (Å²) in [4.78, 5) is 13.7. The molecule has 0 saturated carbocycles. The molecule has 1 aromatic heterocycles. The maximum atomic E-state index is 12.0. The van der Waals surface area contributed by atoms with Gasteiger partial charge in [-0.05, 0) is 40.5 Å². The number of nitrogen functional groups attached to an aromatic ring is 1. The highest BCUT2D eigenvalue weighted by Gasteiger charge is 2.27. The van der Waals surface area contributed by atoms with Crippen molar-refractivity contribution < 1.29 is 9.53 Å². The predicted octanol–water partition coefficient (Wildman–Crippen LogP) is 2.35. The topological polar surface area (TPSA) is 73.4 Å². The van der Waals surface area contributed by atoms with Crippen molar-refractivity contribution in [2.45, 2.75) is 52.2 Å². The van der Waals surface area contributed by atoms with E-state index in [2.05, 4.69) is 5.10 Å². The molecule has 1 aromatic rings. The first-order valence-electron chi connectivity index (χ1n) is 7.05. The third kappa shape index (κ3) is 3.43. The highest BCUT2D eigenvalue weighted by atomic mass is 16.6. The van der Waals surface area contributed by atoms with Crippen molar-refractivity contribution in [1.82, 2.24) is 14.7 Å². The van der Waals surface area contributed by atoms with Crippen molar-refractivity contribution in [2.24, 2.45) is 0 Å². The molecule has 1 amide bonds. The molecule has 0 radical (unpaired) electrons. The number of carbonyl (C=O) groups is 1. The van der Waals surface area contributed by atoms with Gasteiger partial charge in [-0.2, -0.15) is 5.10 Å². The van der Waals surface area contributed by atoms with E-state index in [1.807, 2.05) is 38.6 Å². The number of nitrogens with two attached hydrogens (primary N) is 1. The molecule has 6 nitrogen and oxygen atoms in total. The van der Waals surface area contributed by atoms with Gasteiger partial charge in [-0.25, -0.2) is 4.79 Å². The number of carbonyl (C=O) groups excluding carboxylic acids is 1. The number of anilines is 1. The maximum Gasteiger partial charge on any atom is 0.410 e. The monoisotopic (exact) mass is 280 g/mol. The van der Waals surface area contributed by atoms with Crippen molar-refractivity contribution in [1.29, 1.82) is 0 Å². The molecular formula is C14H24N4O2. The fourth-order valence-electron chi connectivity index (χ4n) is 2.32. The average Bonchev–Trinajstić information content (AvgIpc) is 2.68. The maximum absolute atomic E-state index is 12.0. The Balaban J connectivity index is 1.91. The number of piperidine rings is 1. The lowest BCUT2D eigenvalue weighted by molar-refractivity contribution is 0.0184. The van der Waals surface area contributed by atoms with E-state index < -0.39 is 5.60 Å². The third-order valence-electron chi connectivity index (χ3n) is 3.44. The standard InChI is InChI=1S/C14H24N4O2/c1-10-12(15)9-18(16-10)11-5-7-17(8-6-11)13(19)20-14(2,3)4/h9,11H,5-8,15H2,1-4H3. The molecule has 2 rings (SSSR count). The molecule has 0 atom stereocenters. The van der Waals surface area contributed by atoms with Crippen LogP contribution in [-0.4, -0.2) is 39.5 Å². The first-order valence-corrected chi connectivity index (χ1v) is 7.05. The van der Waals surface area contributed by atoms with Gasteiger partial charge in [-0.1, -0.05) is 0 Å². The highest BCUT2D eigenvalue weighted by Crippen LogP contribution is 2.24. The second-order valence-corrected chi connectivity index (χ2v) is 6.35. The van der Waals surface area contributed by atoms with Crippen molar-refractivity contribution in [2.75, 3.05) is 18.8 Å². The second-order valence-electron chi connectivity index (χ2n) is 6.35. The molecule has 1 aliphatic rings. The van der Waals surface area contributed by atoms with E-state index in [1.54, 1.807) is 4.90 Å². The van der Waals surface area contributed by atoms with Crippen LogP contribution in [0.2, 0.25) is 0 Å². The molecular weight excluding hydrogens is 256 g/mol. The molecule has 0 aromatic carbocycles. The Kier molecular flexibility index (Phi) is 3.92. The van der Waals surface area contributed by atoms with Gasteiger partial charge in [-0.3, -0.25) is 4.68 Å². The minimum absolute atomic E-state index is 0.230. The zero-order valence-electron chi connectivity index (χ0n) is 12.7. The van der Waals surface area contributed by atoms with Crippen LogP contribution in [0.5, 0.6) is 0 Å². The fraction of sp³-hybridized carbons (Fsp3) is 0.714. The van der Waals surface area contributed by atoms with Crippen LogP contribution < -0.4 is 5.73 Å². The molecule has 2 heterocycles. The smallest absolute Gasteiger partial charge is 0.410 e. The van der Waals surface area contributed by atoms with Crippen LogP contribution >= 0.6 is 0 Å². The van der Waals surface area contributed by atoms with Gasteiger partial charge >= 0.3 is 6.09 Å². The van der Waals surface area contributed by atoms with Crippen molar-refractivity contribution in [3.8, 4) is 0 Å². The Bertz CT molecular complexity index is 462. The lowest BCUT2D eigenvalue weighted by Crippen LogP contribution is -2.42. The average molecular weight is 280 g/mol. The number of ether oxygens (including phenoxy) is 1. The summed E-state index contributed by atoms with van der Waals surface area (Å²) in [6, 6.07) is 0.310. The Morgan fingerprint density at radius 1 is 1.40 bits per heavy atom. The number of hydrogen-bond donors (Lipinski definition) is 1. The number of rotatable bonds is 1. The molecule has 1 fully saturated rings. The molecule has 20 heavy (non-hydrogen) atoms. The normalized spacial score (nSPS) is 17.3. The van der Waals surface area contributed by atoms with Gasteiger partial charge in [0.25, 0.3) is 0 Å². The fourth-order valence-corrected chi connectivity index (χ4v) is 2.32. The molecule has 112 valence electrons. The van der Waals surface area contributed by atoms with Gasteiger partial charge in [0.2, 0.25) is 0 Å². The van der Waals surface area contributed by atoms with Gasteiger partial charge in [0, 0.05) is 19.3 Å². The molecule has 0 unspecified atom stereocenters. The zero-order chi connectivity index (χ0) is 14.9. The predicted molar refractivity (Wildman–Crippen MR) is 77.5 cm³/mol. The Morgan fingerprint density at radius 2 is 2.00 bits per heavy atom. The number of aromatic nitrogens is 2. The van der Waals surface area contributed by atoms with Crippen LogP contribution in [-0.2, 0) is 4.74 Å². The van der Waals surface area contributed by atoms with E-state index in [-0.39, 0.29) is 6.09 Å². The van der Waals surface area contributed by atoms with Crippen LogP contribution in [0.15, 0.2) is 6.20 Å². The first kappa shape index (κ1) is 14.7. The molecule has 1 aliphatic heterocycles. The van der Waals surface area contributed by atoms with Crippen molar-refractivity contribution in [3.05, 3.63) is 11.9 Å². The Hall–Kier alpha value is -1.72. The molecule has 0 spiro atoms. The molecule has 6 heteroatoms. The third-order valence-corrected chi connectivity index (χ3v) is 3.44. The summed E-state index contributed by atoms with van der Waals surface area (Å²) in [6.07, 6.45) is 3.40. The summed E-state index contributed by atoms with van der Waals surface area (Å²) < 4.78 is 7.31. The SMILES string of the molecule is Cc1nn(C2CCN(C(=O)OC(C)(C)C)CC2)cc1N. The summed E-state index contributed by atoms with van der Waals surface area (Å²) in [6.45, 7) is 8.94. The summed E-state index contributed by atoms with van der Waals surface area (Å²) in [5, 5.41) is 4.42. The lowest BCUT2D eigenvalue weighted by atomic mass is 10.1. The first-order chi connectivity index (χ1) is 9.26. The molecule has 0 aliphatic carbocycles. The highest BCUT2D eigenvalue weighted by molar-refractivity contribution is 5.68.